The molecule has 5 heteroatoms. The van der Waals surface area contributed by atoms with E-state index in [0.29, 0.717) is 7.15 Å². The number of likely N-dealkylation sites (N-methyl/N-ethyl adjacent to an activating group) is 1. The second-order valence-electron chi connectivity index (χ2n) is 2.12. The summed E-state index contributed by atoms with van der Waals surface area (Å²) in [6.45, 7) is 1.53. The van der Waals surface area contributed by atoms with Crippen LogP contribution in [0.4, 0.5) is 0 Å². The molecule has 0 radical (unpaired) electrons. The first-order valence-electron chi connectivity index (χ1n) is 2.96. The van der Waals surface area contributed by atoms with Gasteiger partial charge < -0.3 is 0 Å². The summed E-state index contributed by atoms with van der Waals surface area (Å²) >= 11 is 0. The van der Waals surface area contributed by atoms with E-state index in [9.17, 15) is 9.50 Å². The van der Waals surface area contributed by atoms with Gasteiger partial charge in [0, 0.05) is 0 Å². The van der Waals surface area contributed by atoms with Crippen molar-refractivity contribution < 1.29 is 14.6 Å². The molecule has 0 saturated carbocycles. The van der Waals surface area contributed by atoms with Crippen molar-refractivity contribution in [3.05, 3.63) is 0 Å². The Morgan fingerprint density at radius 1 is 1.80 bits per heavy atom. The molecule has 0 saturated heterocycles. The number of hydrogen-bond acceptors (Lipinski definition) is 3. The van der Waals surface area contributed by atoms with Gasteiger partial charge in [0.2, 0.25) is 0 Å². The third-order valence-electron chi connectivity index (χ3n) is 1.38. The molecule has 1 unspecified atom stereocenters. The van der Waals surface area contributed by atoms with Crippen LogP contribution in [0.25, 0.3) is 0 Å². The van der Waals surface area contributed by atoms with Gasteiger partial charge in [0.25, 0.3) is 0 Å². The summed E-state index contributed by atoms with van der Waals surface area (Å²) in [7, 11) is 2.27. The Kier molecular flexibility index (Phi) is 3.87. The van der Waals surface area contributed by atoms with Crippen LogP contribution in [0.15, 0.2) is 0 Å². The molecule has 0 rings (SSSR count). The number of hydrogen-bond donors (Lipinski definition) is 1. The molecule has 0 aromatic rings. The van der Waals surface area contributed by atoms with Gasteiger partial charge in [-0.25, -0.2) is 0 Å². The van der Waals surface area contributed by atoms with Crippen molar-refractivity contribution in [2.45, 2.75) is 13.0 Å². The Bertz CT molecular complexity index is 139. The fourth-order valence-electron chi connectivity index (χ4n) is 0.464. The van der Waals surface area contributed by atoms with Crippen molar-refractivity contribution in [1.82, 2.24) is 4.90 Å². The van der Waals surface area contributed by atoms with E-state index in [0.717, 1.165) is 0 Å². The van der Waals surface area contributed by atoms with E-state index in [2.05, 4.69) is 0 Å². The number of carboxylic acids is 1. The number of carbonyl (C=O) groups is 1. The summed E-state index contributed by atoms with van der Waals surface area (Å²) in [5.74, 6) is -0.913. The predicted molar refractivity (Wildman–Crippen MR) is 36.2 cm³/mol. The average Bonchev–Trinajstić information content (AvgIpc) is 1.87. The van der Waals surface area contributed by atoms with Crippen LogP contribution >= 0.6 is 0 Å². The van der Waals surface area contributed by atoms with Crippen LogP contribution in [0.5, 0.6) is 0 Å². The molecule has 0 aliphatic carbocycles. The molecule has 1 N–H and O–H groups in total. The molecule has 0 aliphatic rings. The summed E-state index contributed by atoms with van der Waals surface area (Å²) in [4.78, 5) is 11.7. The van der Waals surface area contributed by atoms with E-state index >= 15 is 0 Å². The monoisotopic (exact) mass is 143 g/mol. The molecule has 0 bridgehead atoms. The maximum absolute atomic E-state index is 10.3. The molecule has 10 heavy (non-hydrogen) atoms. The normalized spacial score (nSPS) is 12.7. The van der Waals surface area contributed by atoms with Crippen LogP contribution in [0.2, 0.25) is 0 Å². The van der Waals surface area contributed by atoms with E-state index in [-0.39, 0.29) is 6.44 Å². The van der Waals surface area contributed by atoms with Crippen molar-refractivity contribution >= 4 is 13.1 Å². The topological polar surface area (TPSA) is 57.6 Å². The van der Waals surface area contributed by atoms with Gasteiger partial charge in [-0.05, 0) is 0 Å². The van der Waals surface area contributed by atoms with Crippen LogP contribution in [-0.4, -0.2) is 42.7 Å². The first kappa shape index (κ1) is 9.29. The van der Waals surface area contributed by atoms with Gasteiger partial charge in [0.15, 0.2) is 0 Å². The fraction of sp³-hybridized carbons (Fsp3) is 0.800. The summed E-state index contributed by atoms with van der Waals surface area (Å²) < 4.78 is 9.91. The fourth-order valence-corrected chi connectivity index (χ4v) is 0.464. The third kappa shape index (κ3) is 2.73. The van der Waals surface area contributed by atoms with Gasteiger partial charge in [-0.1, -0.05) is 0 Å². The standard InChI is InChI=1S/C5H10BNO3/c1-4(5(8)9)7(2)3-6-10/h4H,3H2,1-2H3,(H,8,9). The minimum atomic E-state index is -0.913. The Morgan fingerprint density at radius 3 is 2.60 bits per heavy atom. The molecule has 56 valence electrons. The Balaban J connectivity index is 3.80. The van der Waals surface area contributed by atoms with Crippen molar-refractivity contribution in [1.29, 1.82) is 0 Å². The van der Waals surface area contributed by atoms with Crippen molar-refractivity contribution in [2.75, 3.05) is 13.5 Å². The second kappa shape index (κ2) is 4.16. The molecule has 0 aromatic carbocycles. The van der Waals surface area contributed by atoms with Crippen molar-refractivity contribution in [3.63, 3.8) is 0 Å². The average molecular weight is 143 g/mol. The Hall–Kier alpha value is -0.705. The first-order valence-corrected chi connectivity index (χ1v) is 2.96. The Morgan fingerprint density at radius 2 is 2.30 bits per heavy atom. The minimum absolute atomic E-state index is 0.160. The number of nitrogens with zero attached hydrogens (tertiary/aromatic N) is 1. The zero-order chi connectivity index (χ0) is 8.15. The zero-order valence-electron chi connectivity index (χ0n) is 6.07. The molecular weight excluding hydrogens is 133 g/mol. The van der Waals surface area contributed by atoms with Crippen LogP contribution < -0.4 is 0 Å². The van der Waals surface area contributed by atoms with E-state index in [4.69, 9.17) is 5.11 Å². The predicted octanol–water partition coefficient (Wildman–Crippen LogP) is -0.601. The van der Waals surface area contributed by atoms with Gasteiger partial charge in [-0.3, -0.25) is 0 Å². The van der Waals surface area contributed by atoms with Gasteiger partial charge in [0.1, 0.15) is 0 Å². The molecule has 0 heterocycles. The van der Waals surface area contributed by atoms with Gasteiger partial charge in [0.05, 0.1) is 0 Å². The van der Waals surface area contributed by atoms with Gasteiger partial charge >= 0.3 is 59.1 Å². The summed E-state index contributed by atoms with van der Waals surface area (Å²) in [6.07, 6.45) is 0.160. The number of carboxylic acid groups (broad SMARTS) is 1. The first-order chi connectivity index (χ1) is 4.59. The van der Waals surface area contributed by atoms with Crippen LogP contribution in [0.3, 0.4) is 0 Å². The molecule has 0 aromatic heterocycles. The van der Waals surface area contributed by atoms with Crippen molar-refractivity contribution in [3.8, 4) is 0 Å². The number of aliphatic carboxylic acids is 1. The summed E-state index contributed by atoms with van der Waals surface area (Å²) in [5.41, 5.74) is 0. The Labute approximate surface area is 60.1 Å². The SMILES string of the molecule is CC(C(=O)O)N(C)CB=O. The van der Waals surface area contributed by atoms with Crippen molar-refractivity contribution in [2.24, 2.45) is 0 Å². The second-order valence-corrected chi connectivity index (χ2v) is 2.12. The number of rotatable bonds is 4. The van der Waals surface area contributed by atoms with E-state index in [1.807, 2.05) is 0 Å². The zero-order valence-corrected chi connectivity index (χ0v) is 6.07. The summed E-state index contributed by atoms with van der Waals surface area (Å²) in [6, 6.07) is -0.592. The van der Waals surface area contributed by atoms with Crippen LogP contribution in [0, 0.1) is 0 Å². The molecule has 0 fully saturated rings. The third-order valence-corrected chi connectivity index (χ3v) is 1.38. The maximum atomic E-state index is 10.3. The van der Waals surface area contributed by atoms with Crippen LogP contribution in [0.1, 0.15) is 6.92 Å². The molecule has 0 spiro atoms. The molecular formula is C5H10BNO3. The summed E-state index contributed by atoms with van der Waals surface area (Å²) in [5, 5.41) is 8.42. The molecule has 0 aliphatic heterocycles. The van der Waals surface area contributed by atoms with E-state index < -0.39 is 12.0 Å². The van der Waals surface area contributed by atoms with E-state index in [1.165, 1.54) is 11.8 Å². The molecule has 0 amide bonds. The van der Waals surface area contributed by atoms with Crippen LogP contribution in [-0.2, 0) is 9.50 Å². The molecule has 4 nitrogen and oxygen atoms in total. The quantitative estimate of drug-likeness (QED) is 0.533. The molecule has 1 atom stereocenters. The van der Waals surface area contributed by atoms with E-state index in [1.54, 1.807) is 7.05 Å². The van der Waals surface area contributed by atoms with Gasteiger partial charge in [-0.2, -0.15) is 0 Å². The van der Waals surface area contributed by atoms with Gasteiger partial charge in [-0.15, -0.1) is 0 Å².